The summed E-state index contributed by atoms with van der Waals surface area (Å²) in [7, 11) is 1.73. The molecule has 0 aliphatic heterocycles. The third-order valence-electron chi connectivity index (χ3n) is 4.05. The molecular weight excluding hydrogens is 292 g/mol. The highest BCUT2D eigenvalue weighted by molar-refractivity contribution is 6.74. The van der Waals surface area contributed by atoms with Crippen LogP contribution in [0.2, 0.25) is 5.15 Å². The van der Waals surface area contributed by atoms with Crippen molar-refractivity contribution in [2.75, 3.05) is 0 Å². The molecule has 1 radical (unpaired) electrons. The fourth-order valence-corrected chi connectivity index (χ4v) is 2.20. The second kappa shape index (κ2) is 10.8. The van der Waals surface area contributed by atoms with Crippen molar-refractivity contribution in [1.29, 1.82) is 0 Å². The van der Waals surface area contributed by atoms with Crippen molar-refractivity contribution >= 4 is 24.6 Å². The number of halogens is 1. The lowest BCUT2D eigenvalue weighted by Crippen LogP contribution is -2.20. The molecule has 0 aromatic carbocycles. The molecule has 2 atom stereocenters. The lowest BCUT2D eigenvalue weighted by atomic mass is 9.55. The van der Waals surface area contributed by atoms with E-state index in [0.717, 1.165) is 17.4 Å². The number of hydrogen-bond acceptors (Lipinski definition) is 2. The molecule has 0 fully saturated rings. The van der Waals surface area contributed by atoms with Crippen LogP contribution in [0.3, 0.4) is 0 Å². The van der Waals surface area contributed by atoms with Gasteiger partial charge >= 0.3 is 0 Å². The van der Waals surface area contributed by atoms with Gasteiger partial charge in [-0.1, -0.05) is 59.6 Å². The molecular formula is C18H30BClNO. The van der Waals surface area contributed by atoms with Crippen LogP contribution in [0, 0.1) is 17.8 Å². The van der Waals surface area contributed by atoms with E-state index in [0.29, 0.717) is 11.1 Å². The third-order valence-corrected chi connectivity index (χ3v) is 4.26. The van der Waals surface area contributed by atoms with E-state index < -0.39 is 0 Å². The average molecular weight is 323 g/mol. The first kappa shape index (κ1) is 21.2. The minimum Gasteiger partial charge on any atom is -0.312 e. The van der Waals surface area contributed by atoms with Gasteiger partial charge in [-0.2, -0.15) is 0 Å². The second-order valence-electron chi connectivity index (χ2n) is 6.59. The summed E-state index contributed by atoms with van der Waals surface area (Å²) in [6.45, 7) is 14.8. The fourth-order valence-electron chi connectivity index (χ4n) is 2.02. The summed E-state index contributed by atoms with van der Waals surface area (Å²) < 4.78 is 0. The van der Waals surface area contributed by atoms with Crippen molar-refractivity contribution < 1.29 is 4.79 Å². The van der Waals surface area contributed by atoms with E-state index in [2.05, 4.69) is 46.5 Å². The monoisotopic (exact) mass is 322 g/mol. The first-order valence-electron chi connectivity index (χ1n) is 8.15. The summed E-state index contributed by atoms with van der Waals surface area (Å²) in [6.07, 6.45) is 2.98. The Morgan fingerprint density at radius 3 is 2.14 bits per heavy atom. The SMILES string of the molecule is CC(=O)[B]C(c1ccnc(Cl)c1)C(C)C.CCC(C)C(C)C. The molecule has 0 spiro atoms. The standard InChI is InChI=1S/C11H14BClNO.C7H16/c1-7(2)11(12-8(3)15)9-4-5-14-10(13)6-9;1-5-7(4)6(2)3/h4-7,11H,1-3H3;6-7H,5H2,1-4H3. The highest BCUT2D eigenvalue weighted by Crippen LogP contribution is 2.24. The average Bonchev–Trinajstić information content (AvgIpc) is 2.43. The van der Waals surface area contributed by atoms with E-state index in [1.165, 1.54) is 6.42 Å². The van der Waals surface area contributed by atoms with Crippen LogP contribution in [-0.4, -0.2) is 17.9 Å². The molecule has 2 unspecified atom stereocenters. The maximum absolute atomic E-state index is 11.1. The van der Waals surface area contributed by atoms with Gasteiger partial charge in [-0.15, -0.1) is 0 Å². The maximum Gasteiger partial charge on any atom is 0.210 e. The van der Waals surface area contributed by atoms with E-state index in [1.54, 1.807) is 20.4 Å². The van der Waals surface area contributed by atoms with Crippen LogP contribution < -0.4 is 0 Å². The van der Waals surface area contributed by atoms with Crippen LogP contribution in [0.15, 0.2) is 18.3 Å². The molecule has 0 amide bonds. The quantitative estimate of drug-likeness (QED) is 0.520. The molecule has 0 aliphatic rings. The van der Waals surface area contributed by atoms with Gasteiger partial charge in [-0.25, -0.2) is 4.98 Å². The van der Waals surface area contributed by atoms with Gasteiger partial charge in [0.05, 0.1) is 5.68 Å². The van der Waals surface area contributed by atoms with Crippen LogP contribution in [0.4, 0.5) is 0 Å². The Bertz CT molecular complexity index is 448. The molecule has 4 heteroatoms. The zero-order chi connectivity index (χ0) is 17.3. The number of aromatic nitrogens is 1. The Hall–Kier alpha value is -0.825. The zero-order valence-corrected chi connectivity index (χ0v) is 15.8. The first-order chi connectivity index (χ1) is 10.2. The highest BCUT2D eigenvalue weighted by atomic mass is 35.5. The van der Waals surface area contributed by atoms with Gasteiger partial charge < -0.3 is 4.79 Å². The molecule has 123 valence electrons. The molecule has 0 saturated heterocycles. The van der Waals surface area contributed by atoms with Gasteiger partial charge in [-0.3, -0.25) is 0 Å². The van der Waals surface area contributed by atoms with Gasteiger partial charge in [0, 0.05) is 6.20 Å². The molecule has 0 aliphatic carbocycles. The number of carbonyl (C=O) groups excluding carboxylic acids is 1. The van der Waals surface area contributed by atoms with Crippen molar-refractivity contribution in [1.82, 2.24) is 4.98 Å². The fraction of sp³-hybridized carbons (Fsp3) is 0.667. The zero-order valence-electron chi connectivity index (χ0n) is 15.1. The molecule has 1 aromatic heterocycles. The number of rotatable bonds is 6. The van der Waals surface area contributed by atoms with E-state index >= 15 is 0 Å². The predicted molar refractivity (Wildman–Crippen MR) is 97.6 cm³/mol. The second-order valence-corrected chi connectivity index (χ2v) is 6.98. The smallest absolute Gasteiger partial charge is 0.210 e. The molecule has 1 rings (SSSR count). The molecule has 0 N–H and O–H groups in total. The molecule has 22 heavy (non-hydrogen) atoms. The maximum atomic E-state index is 11.1. The van der Waals surface area contributed by atoms with E-state index in [-0.39, 0.29) is 11.5 Å². The van der Waals surface area contributed by atoms with E-state index in [9.17, 15) is 4.79 Å². The normalized spacial score (nSPS) is 13.4. The van der Waals surface area contributed by atoms with Gasteiger partial charge in [0.2, 0.25) is 7.28 Å². The number of nitrogens with zero attached hydrogens (tertiary/aromatic N) is 1. The third kappa shape index (κ3) is 8.58. The summed E-state index contributed by atoms with van der Waals surface area (Å²) in [5.74, 6) is 2.25. The Morgan fingerprint density at radius 2 is 1.82 bits per heavy atom. The number of pyridine rings is 1. The predicted octanol–water partition coefficient (Wildman–Crippen LogP) is 5.37. The molecule has 1 aromatic rings. The van der Waals surface area contributed by atoms with E-state index in [1.807, 2.05) is 12.1 Å². The van der Waals surface area contributed by atoms with Gasteiger partial charge in [0.25, 0.3) is 0 Å². The Labute approximate surface area is 142 Å². The summed E-state index contributed by atoms with van der Waals surface area (Å²) >= 11 is 5.82. The lowest BCUT2D eigenvalue weighted by molar-refractivity contribution is -0.110. The van der Waals surface area contributed by atoms with Crippen LogP contribution in [0.1, 0.15) is 66.3 Å². The summed E-state index contributed by atoms with van der Waals surface area (Å²) in [6, 6.07) is 3.71. The largest absolute Gasteiger partial charge is 0.312 e. The Morgan fingerprint density at radius 1 is 1.23 bits per heavy atom. The minimum absolute atomic E-state index is 0.0848. The summed E-state index contributed by atoms with van der Waals surface area (Å²) in [5, 5.41) is 0.468. The van der Waals surface area contributed by atoms with Gasteiger partial charge in [0.1, 0.15) is 5.15 Å². The molecule has 2 nitrogen and oxygen atoms in total. The summed E-state index contributed by atoms with van der Waals surface area (Å²) in [4.78, 5) is 15.0. The number of hydrogen-bond donors (Lipinski definition) is 0. The van der Waals surface area contributed by atoms with Crippen molar-refractivity contribution in [2.45, 2.75) is 60.7 Å². The van der Waals surface area contributed by atoms with Crippen LogP contribution in [0.5, 0.6) is 0 Å². The Balaban J connectivity index is 0.000000534. The Kier molecular flexibility index (Phi) is 10.4. The van der Waals surface area contributed by atoms with Crippen molar-refractivity contribution in [2.24, 2.45) is 17.8 Å². The summed E-state index contributed by atoms with van der Waals surface area (Å²) in [5.41, 5.74) is 1.13. The van der Waals surface area contributed by atoms with Gasteiger partial charge in [0.15, 0.2) is 0 Å². The first-order valence-corrected chi connectivity index (χ1v) is 8.53. The van der Waals surface area contributed by atoms with Crippen molar-refractivity contribution in [3.8, 4) is 0 Å². The van der Waals surface area contributed by atoms with Crippen molar-refractivity contribution in [3.63, 3.8) is 0 Å². The van der Waals surface area contributed by atoms with Crippen LogP contribution in [-0.2, 0) is 4.79 Å². The molecule has 0 saturated carbocycles. The highest BCUT2D eigenvalue weighted by Gasteiger charge is 2.19. The number of carbonyl (C=O) groups is 1. The lowest BCUT2D eigenvalue weighted by Gasteiger charge is -2.19. The molecule has 0 bridgehead atoms. The van der Waals surface area contributed by atoms with Gasteiger partial charge in [-0.05, 0) is 48.2 Å². The van der Waals surface area contributed by atoms with Crippen molar-refractivity contribution in [3.05, 3.63) is 29.0 Å². The molecule has 1 heterocycles. The van der Waals surface area contributed by atoms with Crippen LogP contribution >= 0.6 is 11.6 Å². The van der Waals surface area contributed by atoms with E-state index in [4.69, 9.17) is 11.6 Å². The topological polar surface area (TPSA) is 30.0 Å². The minimum atomic E-state index is 0.0848. The van der Waals surface area contributed by atoms with Crippen LogP contribution in [0.25, 0.3) is 0 Å².